The molecule has 0 saturated carbocycles. The molecule has 1 aromatic carbocycles. The summed E-state index contributed by atoms with van der Waals surface area (Å²) in [5, 5.41) is 9.60. The van der Waals surface area contributed by atoms with Crippen LogP contribution in [0.4, 0.5) is 4.79 Å². The standard InChI is InChI=1S/C14H18ClNO3/c1-10(11-2-4-12(15)5-3-11)19-13-6-8-16(9-7-13)14(17)18/h2-5,10,13H,6-9H2,1H3,(H,17,18). The molecule has 1 saturated heterocycles. The van der Waals surface area contributed by atoms with Crippen molar-refractivity contribution < 1.29 is 14.6 Å². The van der Waals surface area contributed by atoms with Gasteiger partial charge in [-0.2, -0.15) is 0 Å². The lowest BCUT2D eigenvalue weighted by atomic mass is 10.1. The van der Waals surface area contributed by atoms with Crippen molar-refractivity contribution in [2.24, 2.45) is 0 Å². The van der Waals surface area contributed by atoms with Crippen molar-refractivity contribution in [1.82, 2.24) is 4.90 Å². The Hall–Kier alpha value is -1.26. The van der Waals surface area contributed by atoms with Crippen LogP contribution in [0.1, 0.15) is 31.4 Å². The summed E-state index contributed by atoms with van der Waals surface area (Å²) < 4.78 is 5.98. The maximum Gasteiger partial charge on any atom is 0.407 e. The highest BCUT2D eigenvalue weighted by Crippen LogP contribution is 2.24. The molecule has 1 atom stereocenters. The van der Waals surface area contributed by atoms with Crippen LogP contribution in [0, 0.1) is 0 Å². The Morgan fingerprint density at radius 2 is 1.95 bits per heavy atom. The smallest absolute Gasteiger partial charge is 0.407 e. The highest BCUT2D eigenvalue weighted by molar-refractivity contribution is 6.30. The first-order valence-corrected chi connectivity index (χ1v) is 6.83. The second kappa shape index (κ2) is 6.26. The number of hydrogen-bond donors (Lipinski definition) is 1. The minimum atomic E-state index is -0.843. The molecular weight excluding hydrogens is 266 g/mol. The summed E-state index contributed by atoms with van der Waals surface area (Å²) in [6.45, 7) is 3.10. The number of piperidine rings is 1. The Labute approximate surface area is 117 Å². The molecular formula is C14H18ClNO3. The highest BCUT2D eigenvalue weighted by atomic mass is 35.5. The van der Waals surface area contributed by atoms with E-state index < -0.39 is 6.09 Å². The summed E-state index contributed by atoms with van der Waals surface area (Å²) in [5.41, 5.74) is 1.09. The van der Waals surface area contributed by atoms with Crippen LogP contribution in [0.3, 0.4) is 0 Å². The van der Waals surface area contributed by atoms with Gasteiger partial charge in [0.2, 0.25) is 0 Å². The van der Waals surface area contributed by atoms with E-state index >= 15 is 0 Å². The summed E-state index contributed by atoms with van der Waals surface area (Å²) in [6.07, 6.45) is 0.790. The van der Waals surface area contributed by atoms with Crippen molar-refractivity contribution in [3.05, 3.63) is 34.9 Å². The van der Waals surface area contributed by atoms with Gasteiger partial charge >= 0.3 is 6.09 Å². The van der Waals surface area contributed by atoms with Gasteiger partial charge < -0.3 is 14.7 Å². The average Bonchev–Trinajstić information content (AvgIpc) is 2.40. The van der Waals surface area contributed by atoms with Crippen LogP contribution < -0.4 is 0 Å². The molecule has 0 spiro atoms. The molecule has 1 aromatic rings. The van der Waals surface area contributed by atoms with Gasteiger partial charge in [0.15, 0.2) is 0 Å². The summed E-state index contributed by atoms with van der Waals surface area (Å²) in [6, 6.07) is 7.62. The normalized spacial score (nSPS) is 18.3. The molecule has 19 heavy (non-hydrogen) atoms. The topological polar surface area (TPSA) is 49.8 Å². The number of carbonyl (C=O) groups is 1. The number of rotatable bonds is 3. The Morgan fingerprint density at radius 1 is 1.37 bits per heavy atom. The molecule has 0 aliphatic carbocycles. The van der Waals surface area contributed by atoms with Gasteiger partial charge in [-0.15, -0.1) is 0 Å². The lowest BCUT2D eigenvalue weighted by Gasteiger charge is -2.31. The van der Waals surface area contributed by atoms with E-state index in [0.29, 0.717) is 18.1 Å². The monoisotopic (exact) mass is 283 g/mol. The van der Waals surface area contributed by atoms with Gasteiger partial charge in [0.1, 0.15) is 0 Å². The zero-order valence-electron chi connectivity index (χ0n) is 10.9. The fourth-order valence-corrected chi connectivity index (χ4v) is 2.41. The molecule has 0 bridgehead atoms. The lowest BCUT2D eigenvalue weighted by Crippen LogP contribution is -2.40. The second-order valence-electron chi connectivity index (χ2n) is 4.80. The zero-order valence-corrected chi connectivity index (χ0v) is 11.6. The minimum Gasteiger partial charge on any atom is -0.465 e. The molecule has 1 aliphatic heterocycles. The van der Waals surface area contributed by atoms with Crippen LogP contribution in [-0.2, 0) is 4.74 Å². The number of amides is 1. The minimum absolute atomic E-state index is 0.00125. The molecule has 1 fully saturated rings. The molecule has 104 valence electrons. The van der Waals surface area contributed by atoms with Crippen LogP contribution in [0.2, 0.25) is 5.02 Å². The third kappa shape index (κ3) is 3.85. The Balaban J connectivity index is 1.85. The molecule has 0 radical (unpaired) electrons. The zero-order chi connectivity index (χ0) is 13.8. The van der Waals surface area contributed by atoms with Crippen molar-refractivity contribution in [3.8, 4) is 0 Å². The number of halogens is 1. The van der Waals surface area contributed by atoms with Crippen molar-refractivity contribution in [2.75, 3.05) is 13.1 Å². The van der Waals surface area contributed by atoms with Crippen molar-refractivity contribution in [1.29, 1.82) is 0 Å². The number of carboxylic acid groups (broad SMARTS) is 1. The third-order valence-electron chi connectivity index (χ3n) is 3.45. The first-order valence-electron chi connectivity index (χ1n) is 6.45. The highest BCUT2D eigenvalue weighted by Gasteiger charge is 2.24. The van der Waals surface area contributed by atoms with Crippen molar-refractivity contribution in [3.63, 3.8) is 0 Å². The Morgan fingerprint density at radius 3 is 2.47 bits per heavy atom. The van der Waals surface area contributed by atoms with Gasteiger partial charge in [-0.3, -0.25) is 0 Å². The van der Waals surface area contributed by atoms with Gasteiger partial charge in [0.05, 0.1) is 12.2 Å². The van der Waals surface area contributed by atoms with Gasteiger partial charge in [-0.25, -0.2) is 4.79 Å². The van der Waals surface area contributed by atoms with Gasteiger partial charge in [-0.05, 0) is 37.5 Å². The van der Waals surface area contributed by atoms with Crippen LogP contribution in [0.15, 0.2) is 24.3 Å². The van der Waals surface area contributed by atoms with E-state index in [0.717, 1.165) is 18.4 Å². The number of nitrogens with zero attached hydrogens (tertiary/aromatic N) is 1. The third-order valence-corrected chi connectivity index (χ3v) is 3.70. The second-order valence-corrected chi connectivity index (χ2v) is 5.24. The molecule has 1 heterocycles. The van der Waals surface area contributed by atoms with Crippen LogP contribution >= 0.6 is 11.6 Å². The summed E-state index contributed by atoms with van der Waals surface area (Å²) in [7, 11) is 0. The van der Waals surface area contributed by atoms with Crippen LogP contribution in [-0.4, -0.2) is 35.3 Å². The van der Waals surface area contributed by atoms with E-state index in [4.69, 9.17) is 21.4 Å². The Kier molecular flexibility index (Phi) is 4.66. The number of hydrogen-bond acceptors (Lipinski definition) is 2. The predicted octanol–water partition coefficient (Wildman–Crippen LogP) is 3.56. The van der Waals surface area contributed by atoms with E-state index in [9.17, 15) is 4.79 Å². The average molecular weight is 284 g/mol. The van der Waals surface area contributed by atoms with Crippen molar-refractivity contribution in [2.45, 2.75) is 32.0 Å². The lowest BCUT2D eigenvalue weighted by molar-refractivity contribution is -0.0331. The van der Waals surface area contributed by atoms with Gasteiger partial charge in [0.25, 0.3) is 0 Å². The first kappa shape index (κ1) is 14.2. The van der Waals surface area contributed by atoms with E-state index in [1.807, 2.05) is 31.2 Å². The Bertz CT molecular complexity index is 427. The fraction of sp³-hybridized carbons (Fsp3) is 0.500. The van der Waals surface area contributed by atoms with E-state index in [2.05, 4.69) is 0 Å². The van der Waals surface area contributed by atoms with Gasteiger partial charge in [-0.1, -0.05) is 23.7 Å². The van der Waals surface area contributed by atoms with Crippen molar-refractivity contribution >= 4 is 17.7 Å². The molecule has 2 rings (SSSR count). The molecule has 1 unspecified atom stereocenters. The molecule has 1 N–H and O–H groups in total. The number of benzene rings is 1. The SMILES string of the molecule is CC(OC1CCN(C(=O)O)CC1)c1ccc(Cl)cc1. The molecule has 1 amide bonds. The fourth-order valence-electron chi connectivity index (χ4n) is 2.28. The summed E-state index contributed by atoms with van der Waals surface area (Å²) in [5.74, 6) is 0. The van der Waals surface area contributed by atoms with Crippen LogP contribution in [0.25, 0.3) is 0 Å². The van der Waals surface area contributed by atoms with E-state index in [-0.39, 0.29) is 12.2 Å². The van der Waals surface area contributed by atoms with E-state index in [1.165, 1.54) is 4.90 Å². The summed E-state index contributed by atoms with van der Waals surface area (Å²) >= 11 is 5.85. The maximum atomic E-state index is 10.8. The quantitative estimate of drug-likeness (QED) is 0.923. The largest absolute Gasteiger partial charge is 0.465 e. The number of likely N-dealkylation sites (tertiary alicyclic amines) is 1. The van der Waals surface area contributed by atoms with Gasteiger partial charge in [0, 0.05) is 18.1 Å². The molecule has 4 nitrogen and oxygen atoms in total. The van der Waals surface area contributed by atoms with Crippen LogP contribution in [0.5, 0.6) is 0 Å². The van der Waals surface area contributed by atoms with E-state index in [1.54, 1.807) is 0 Å². The molecule has 1 aliphatic rings. The molecule has 5 heteroatoms. The molecule has 0 aromatic heterocycles. The first-order chi connectivity index (χ1) is 9.06. The predicted molar refractivity (Wildman–Crippen MR) is 73.6 cm³/mol. The maximum absolute atomic E-state index is 10.8. The summed E-state index contributed by atoms with van der Waals surface area (Å²) in [4.78, 5) is 12.2. The number of ether oxygens (including phenoxy) is 1.